The van der Waals surface area contributed by atoms with Crippen molar-refractivity contribution in [2.75, 3.05) is 6.54 Å². The molecular formula is C16H21ClN2O2. The molecule has 2 rings (SSSR count). The molecule has 5 heteroatoms. The van der Waals surface area contributed by atoms with Crippen LogP contribution in [0.2, 0.25) is 5.02 Å². The first-order valence-corrected chi connectivity index (χ1v) is 7.59. The molecule has 2 amide bonds. The van der Waals surface area contributed by atoms with Gasteiger partial charge in [-0.25, -0.2) is 0 Å². The van der Waals surface area contributed by atoms with Crippen LogP contribution in [0, 0.1) is 6.92 Å². The Morgan fingerprint density at radius 1 is 1.38 bits per heavy atom. The van der Waals surface area contributed by atoms with Gasteiger partial charge < -0.3 is 10.2 Å². The quantitative estimate of drug-likeness (QED) is 0.933. The molecule has 0 bridgehead atoms. The molecule has 1 aliphatic rings. The van der Waals surface area contributed by atoms with Crippen LogP contribution < -0.4 is 5.32 Å². The van der Waals surface area contributed by atoms with E-state index < -0.39 is 5.54 Å². The number of rotatable bonds is 3. The third kappa shape index (κ3) is 3.38. The first kappa shape index (κ1) is 15.8. The average Bonchev–Trinajstić information content (AvgIpc) is 2.53. The Kier molecular flexibility index (Phi) is 4.57. The number of hydrogen-bond donors (Lipinski definition) is 1. The van der Waals surface area contributed by atoms with E-state index >= 15 is 0 Å². The Hall–Kier alpha value is -1.55. The molecule has 1 aromatic carbocycles. The third-order valence-corrected chi connectivity index (χ3v) is 4.41. The number of amides is 2. The summed E-state index contributed by atoms with van der Waals surface area (Å²) >= 11 is 6.25. The lowest BCUT2D eigenvalue weighted by Crippen LogP contribution is -2.54. The van der Waals surface area contributed by atoms with Crippen LogP contribution in [0.3, 0.4) is 0 Å². The summed E-state index contributed by atoms with van der Waals surface area (Å²) in [5.41, 5.74) is 1.16. The first-order valence-electron chi connectivity index (χ1n) is 7.21. The van der Waals surface area contributed by atoms with Gasteiger partial charge >= 0.3 is 0 Å². The molecule has 1 atom stereocenters. The molecule has 1 aromatic rings. The molecule has 1 fully saturated rings. The number of hydrogen-bond acceptors (Lipinski definition) is 2. The maximum Gasteiger partial charge on any atom is 0.248 e. The zero-order chi connectivity index (χ0) is 15.6. The van der Waals surface area contributed by atoms with Gasteiger partial charge in [-0.05, 0) is 37.5 Å². The molecule has 0 aromatic heterocycles. The fourth-order valence-corrected chi connectivity index (χ4v) is 2.78. The summed E-state index contributed by atoms with van der Waals surface area (Å²) in [6, 6.07) is 5.81. The minimum absolute atomic E-state index is 0.0486. The van der Waals surface area contributed by atoms with Crippen LogP contribution in [-0.2, 0) is 16.1 Å². The molecule has 0 saturated carbocycles. The second-order valence-electron chi connectivity index (χ2n) is 5.81. The Morgan fingerprint density at radius 2 is 2.10 bits per heavy atom. The standard InChI is InChI=1S/C16H21ClN2O2/c1-4-16(3)15(21)19(8-7-14(20)18-16)10-12-6-5-11(2)9-13(12)17/h5-6,9H,4,7-8,10H2,1-3H3,(H,18,20). The number of halogens is 1. The van der Waals surface area contributed by atoms with E-state index in [-0.39, 0.29) is 11.8 Å². The summed E-state index contributed by atoms with van der Waals surface area (Å²) in [4.78, 5) is 26.2. The van der Waals surface area contributed by atoms with Gasteiger partial charge in [-0.1, -0.05) is 30.7 Å². The van der Waals surface area contributed by atoms with E-state index in [0.717, 1.165) is 11.1 Å². The molecule has 1 saturated heterocycles. The Labute approximate surface area is 130 Å². The SMILES string of the molecule is CCC1(C)NC(=O)CCN(Cc2ccc(C)cc2Cl)C1=O. The van der Waals surface area contributed by atoms with E-state index in [2.05, 4.69) is 5.32 Å². The highest BCUT2D eigenvalue weighted by molar-refractivity contribution is 6.31. The highest BCUT2D eigenvalue weighted by Crippen LogP contribution is 2.23. The Bertz CT molecular complexity index is 573. The van der Waals surface area contributed by atoms with Crippen LogP contribution in [0.5, 0.6) is 0 Å². The van der Waals surface area contributed by atoms with Crippen LogP contribution in [0.15, 0.2) is 18.2 Å². The van der Waals surface area contributed by atoms with Gasteiger partial charge in [0.25, 0.3) is 0 Å². The summed E-state index contributed by atoms with van der Waals surface area (Å²) < 4.78 is 0. The Balaban J connectivity index is 2.25. The van der Waals surface area contributed by atoms with Crippen molar-refractivity contribution in [3.63, 3.8) is 0 Å². The van der Waals surface area contributed by atoms with Crippen molar-refractivity contribution in [1.29, 1.82) is 0 Å². The second kappa shape index (κ2) is 6.06. The van der Waals surface area contributed by atoms with Crippen molar-refractivity contribution >= 4 is 23.4 Å². The van der Waals surface area contributed by atoms with Crippen LogP contribution in [0.25, 0.3) is 0 Å². The summed E-state index contributed by atoms with van der Waals surface area (Å²) in [6.45, 7) is 6.51. The minimum atomic E-state index is -0.829. The van der Waals surface area contributed by atoms with Gasteiger partial charge in [-0.2, -0.15) is 0 Å². The zero-order valence-corrected chi connectivity index (χ0v) is 13.5. The Morgan fingerprint density at radius 3 is 2.71 bits per heavy atom. The first-order chi connectivity index (χ1) is 9.85. The normalized spacial score (nSPS) is 23.0. The fraction of sp³-hybridized carbons (Fsp3) is 0.500. The van der Waals surface area contributed by atoms with E-state index in [0.29, 0.717) is 31.0 Å². The van der Waals surface area contributed by atoms with Gasteiger partial charge in [0.15, 0.2) is 0 Å². The summed E-state index contributed by atoms with van der Waals surface area (Å²) in [7, 11) is 0. The van der Waals surface area contributed by atoms with Crippen LogP contribution in [-0.4, -0.2) is 28.8 Å². The van der Waals surface area contributed by atoms with Crippen LogP contribution in [0.4, 0.5) is 0 Å². The van der Waals surface area contributed by atoms with Crippen LogP contribution >= 0.6 is 11.6 Å². The number of benzene rings is 1. The van der Waals surface area contributed by atoms with Gasteiger partial charge in [0.2, 0.25) is 11.8 Å². The highest BCUT2D eigenvalue weighted by atomic mass is 35.5. The predicted molar refractivity (Wildman–Crippen MR) is 83.1 cm³/mol. The molecule has 1 N–H and O–H groups in total. The van der Waals surface area contributed by atoms with Crippen molar-refractivity contribution in [3.8, 4) is 0 Å². The molecule has 1 heterocycles. The van der Waals surface area contributed by atoms with E-state index in [4.69, 9.17) is 11.6 Å². The number of nitrogens with one attached hydrogen (secondary N) is 1. The molecule has 0 aliphatic carbocycles. The van der Waals surface area contributed by atoms with Crippen molar-refractivity contribution in [1.82, 2.24) is 10.2 Å². The molecule has 0 radical (unpaired) electrons. The number of aryl methyl sites for hydroxylation is 1. The lowest BCUT2D eigenvalue weighted by atomic mass is 9.97. The van der Waals surface area contributed by atoms with E-state index in [1.165, 1.54) is 0 Å². The second-order valence-corrected chi connectivity index (χ2v) is 6.21. The smallest absolute Gasteiger partial charge is 0.248 e. The molecule has 1 unspecified atom stereocenters. The van der Waals surface area contributed by atoms with E-state index in [1.807, 2.05) is 32.0 Å². The monoisotopic (exact) mass is 308 g/mol. The minimum Gasteiger partial charge on any atom is -0.342 e. The maximum absolute atomic E-state index is 12.7. The molecule has 114 valence electrons. The number of nitrogens with zero attached hydrogens (tertiary/aromatic N) is 1. The zero-order valence-electron chi connectivity index (χ0n) is 12.7. The molecule has 4 nitrogen and oxygen atoms in total. The molecule has 0 spiro atoms. The largest absolute Gasteiger partial charge is 0.342 e. The molecule has 21 heavy (non-hydrogen) atoms. The average molecular weight is 309 g/mol. The lowest BCUT2D eigenvalue weighted by molar-refractivity contribution is -0.138. The van der Waals surface area contributed by atoms with Crippen molar-refractivity contribution < 1.29 is 9.59 Å². The molecular weight excluding hydrogens is 288 g/mol. The number of carbonyl (C=O) groups is 2. The predicted octanol–water partition coefficient (Wildman–Crippen LogP) is 2.67. The van der Waals surface area contributed by atoms with Gasteiger partial charge in [0, 0.05) is 24.5 Å². The topological polar surface area (TPSA) is 49.4 Å². The van der Waals surface area contributed by atoms with Gasteiger partial charge in [-0.3, -0.25) is 9.59 Å². The van der Waals surface area contributed by atoms with Gasteiger partial charge in [0.1, 0.15) is 5.54 Å². The highest BCUT2D eigenvalue weighted by Gasteiger charge is 2.39. The van der Waals surface area contributed by atoms with Crippen molar-refractivity contribution in [2.45, 2.75) is 45.7 Å². The summed E-state index contributed by atoms with van der Waals surface area (Å²) in [5.74, 6) is -0.127. The summed E-state index contributed by atoms with van der Waals surface area (Å²) in [6.07, 6.45) is 0.889. The van der Waals surface area contributed by atoms with E-state index in [1.54, 1.807) is 11.8 Å². The van der Waals surface area contributed by atoms with Crippen LogP contribution in [0.1, 0.15) is 37.8 Å². The van der Waals surface area contributed by atoms with E-state index in [9.17, 15) is 9.59 Å². The summed E-state index contributed by atoms with van der Waals surface area (Å²) in [5, 5.41) is 3.49. The van der Waals surface area contributed by atoms with Gasteiger partial charge in [0.05, 0.1) is 0 Å². The fourth-order valence-electron chi connectivity index (χ4n) is 2.49. The third-order valence-electron chi connectivity index (χ3n) is 4.06. The lowest BCUT2D eigenvalue weighted by Gasteiger charge is -2.31. The maximum atomic E-state index is 12.7. The molecule has 1 aliphatic heterocycles. The van der Waals surface area contributed by atoms with Gasteiger partial charge in [-0.15, -0.1) is 0 Å². The van der Waals surface area contributed by atoms with Crippen molar-refractivity contribution in [3.05, 3.63) is 34.3 Å². The number of carbonyl (C=O) groups excluding carboxylic acids is 2. The van der Waals surface area contributed by atoms with Crippen molar-refractivity contribution in [2.24, 2.45) is 0 Å².